The topological polar surface area (TPSA) is 43.4 Å². The first kappa shape index (κ1) is 18.7. The summed E-state index contributed by atoms with van der Waals surface area (Å²) in [5, 5.41) is 0.388. The maximum atomic E-state index is 12.0. The van der Waals surface area contributed by atoms with Gasteiger partial charge in [0.1, 0.15) is 0 Å². The van der Waals surface area contributed by atoms with Gasteiger partial charge in [0.2, 0.25) is 0 Å². The lowest BCUT2D eigenvalue weighted by molar-refractivity contribution is 0.0398. The van der Waals surface area contributed by atoms with E-state index in [2.05, 4.69) is 0 Å². The van der Waals surface area contributed by atoms with Crippen LogP contribution < -0.4 is 0 Å². The second-order valence-corrected chi connectivity index (χ2v) is 6.57. The number of ether oxygens (including phenoxy) is 1. The first-order valence-corrected chi connectivity index (χ1v) is 8.03. The Labute approximate surface area is 160 Å². The van der Waals surface area contributed by atoms with E-state index in [-0.39, 0.29) is 41.3 Å². The Balaban J connectivity index is 2.25. The molecule has 0 heterocycles. The summed E-state index contributed by atoms with van der Waals surface area (Å²) in [5.74, 6) is -1.92. The number of hydrogen-bond donors (Lipinski definition) is 0. The first-order valence-electron chi connectivity index (χ1n) is 5.76. The Kier molecular flexibility index (Phi) is 6.06. The number of esters is 2. The molecule has 0 aliphatic carbocycles. The van der Waals surface area contributed by atoms with Crippen molar-refractivity contribution in [1.29, 1.82) is 0 Å². The molecule has 0 aliphatic heterocycles. The van der Waals surface area contributed by atoms with Gasteiger partial charge < -0.3 is 4.74 Å². The minimum absolute atomic E-state index is 0.0380. The number of halogens is 6. The van der Waals surface area contributed by atoms with Crippen molar-refractivity contribution in [1.82, 2.24) is 0 Å². The molecule has 2 aromatic rings. The van der Waals surface area contributed by atoms with E-state index < -0.39 is 11.9 Å². The smallest absolute Gasteiger partial charge is 0.346 e. The zero-order chi connectivity index (χ0) is 17.3. The van der Waals surface area contributed by atoms with E-state index in [0.717, 1.165) is 0 Å². The molecule has 3 nitrogen and oxygen atoms in total. The largest absolute Gasteiger partial charge is 0.386 e. The van der Waals surface area contributed by atoms with Crippen LogP contribution in [0.1, 0.15) is 20.7 Å². The first-order chi connectivity index (χ1) is 10.7. The lowest BCUT2D eigenvalue weighted by Crippen LogP contribution is -2.13. The molecule has 23 heavy (non-hydrogen) atoms. The molecule has 0 bridgehead atoms. The van der Waals surface area contributed by atoms with Gasteiger partial charge in [0.15, 0.2) is 0 Å². The third-order valence-electron chi connectivity index (χ3n) is 2.62. The van der Waals surface area contributed by atoms with Gasteiger partial charge in [0, 0.05) is 0 Å². The minimum Gasteiger partial charge on any atom is -0.386 e. The van der Waals surface area contributed by atoms with Crippen molar-refractivity contribution < 1.29 is 14.3 Å². The molecular formula is C14H4Cl6O3. The summed E-state index contributed by atoms with van der Waals surface area (Å²) in [6.45, 7) is 0. The fourth-order valence-corrected chi connectivity index (χ4v) is 2.74. The van der Waals surface area contributed by atoms with Gasteiger partial charge in [0.25, 0.3) is 0 Å². The van der Waals surface area contributed by atoms with Crippen molar-refractivity contribution in [3.8, 4) is 0 Å². The van der Waals surface area contributed by atoms with E-state index in [4.69, 9.17) is 74.3 Å². The average Bonchev–Trinajstić information content (AvgIpc) is 2.49. The fraction of sp³-hybridized carbons (Fsp3) is 0. The Morgan fingerprint density at radius 1 is 0.609 bits per heavy atom. The van der Waals surface area contributed by atoms with Gasteiger partial charge in [-0.25, -0.2) is 9.59 Å². The summed E-state index contributed by atoms with van der Waals surface area (Å²) in [7, 11) is 0. The summed E-state index contributed by atoms with van der Waals surface area (Å²) >= 11 is 34.8. The monoisotopic (exact) mass is 430 g/mol. The van der Waals surface area contributed by atoms with Crippen molar-refractivity contribution in [2.75, 3.05) is 0 Å². The molecule has 0 aromatic heterocycles. The quantitative estimate of drug-likeness (QED) is 0.305. The van der Waals surface area contributed by atoms with Gasteiger partial charge in [-0.3, -0.25) is 0 Å². The van der Waals surface area contributed by atoms with Crippen LogP contribution in [-0.4, -0.2) is 11.9 Å². The molecule has 0 aliphatic rings. The van der Waals surface area contributed by atoms with Crippen LogP contribution in [0.2, 0.25) is 30.1 Å². The SMILES string of the molecule is O=C(OC(=O)c1cc(Cl)c(Cl)c(Cl)c1)c1cc(Cl)c(Cl)c(Cl)c1. The summed E-state index contributed by atoms with van der Waals surface area (Å²) < 4.78 is 4.72. The molecule has 2 rings (SSSR count). The van der Waals surface area contributed by atoms with Crippen molar-refractivity contribution in [2.45, 2.75) is 0 Å². The Morgan fingerprint density at radius 3 is 1.13 bits per heavy atom. The number of benzene rings is 2. The van der Waals surface area contributed by atoms with Crippen molar-refractivity contribution in [2.24, 2.45) is 0 Å². The molecular weight excluding hydrogens is 429 g/mol. The van der Waals surface area contributed by atoms with Crippen LogP contribution in [0.15, 0.2) is 24.3 Å². The molecule has 0 unspecified atom stereocenters. The van der Waals surface area contributed by atoms with Crippen LogP contribution in [0.4, 0.5) is 0 Å². The number of carbonyl (C=O) groups is 2. The third-order valence-corrected chi connectivity index (χ3v) is 5.02. The lowest BCUT2D eigenvalue weighted by Gasteiger charge is -2.07. The van der Waals surface area contributed by atoms with Gasteiger partial charge in [-0.2, -0.15) is 0 Å². The molecule has 0 amide bonds. The Hall–Kier alpha value is -0.680. The predicted molar refractivity (Wildman–Crippen MR) is 92.7 cm³/mol. The van der Waals surface area contributed by atoms with E-state index in [1.54, 1.807) is 0 Å². The lowest BCUT2D eigenvalue weighted by atomic mass is 10.2. The van der Waals surface area contributed by atoms with Crippen molar-refractivity contribution in [3.05, 3.63) is 65.5 Å². The number of carbonyl (C=O) groups excluding carboxylic acids is 2. The predicted octanol–water partition coefficient (Wildman–Crippen LogP) is 6.60. The third kappa shape index (κ3) is 4.24. The summed E-state index contributed by atoms with van der Waals surface area (Å²) in [6, 6.07) is 4.92. The van der Waals surface area contributed by atoms with Gasteiger partial charge in [-0.1, -0.05) is 69.6 Å². The molecule has 0 saturated heterocycles. The number of hydrogen-bond acceptors (Lipinski definition) is 3. The van der Waals surface area contributed by atoms with Crippen LogP contribution in [-0.2, 0) is 4.74 Å². The zero-order valence-electron chi connectivity index (χ0n) is 10.8. The molecule has 0 fully saturated rings. The van der Waals surface area contributed by atoms with E-state index in [0.29, 0.717) is 0 Å². The average molecular weight is 433 g/mol. The molecule has 0 saturated carbocycles. The van der Waals surface area contributed by atoms with Gasteiger partial charge in [-0.05, 0) is 24.3 Å². The molecule has 0 atom stereocenters. The second-order valence-electron chi connectivity index (χ2n) is 4.18. The Morgan fingerprint density at radius 2 is 0.870 bits per heavy atom. The highest BCUT2D eigenvalue weighted by Gasteiger charge is 2.19. The summed E-state index contributed by atoms with van der Waals surface area (Å²) in [6.07, 6.45) is 0. The second kappa shape index (κ2) is 7.47. The fourth-order valence-electron chi connectivity index (χ4n) is 1.55. The maximum Gasteiger partial charge on any atom is 0.346 e. The normalized spacial score (nSPS) is 10.5. The van der Waals surface area contributed by atoms with E-state index in [1.807, 2.05) is 0 Å². The van der Waals surface area contributed by atoms with E-state index in [1.165, 1.54) is 24.3 Å². The van der Waals surface area contributed by atoms with Crippen LogP contribution in [0.3, 0.4) is 0 Å². The summed E-state index contributed by atoms with van der Waals surface area (Å²) in [4.78, 5) is 24.0. The van der Waals surface area contributed by atoms with Crippen molar-refractivity contribution >= 4 is 81.5 Å². The molecule has 120 valence electrons. The highest BCUT2D eigenvalue weighted by atomic mass is 35.5. The minimum atomic E-state index is -0.960. The van der Waals surface area contributed by atoms with Gasteiger partial charge in [0.05, 0.1) is 41.3 Å². The van der Waals surface area contributed by atoms with Crippen LogP contribution in [0.25, 0.3) is 0 Å². The maximum absolute atomic E-state index is 12.0. The van der Waals surface area contributed by atoms with Crippen LogP contribution in [0.5, 0.6) is 0 Å². The molecule has 0 spiro atoms. The van der Waals surface area contributed by atoms with Crippen LogP contribution in [0, 0.1) is 0 Å². The standard InChI is InChI=1S/C14H4Cl6O3/c15-7-1-5(2-8(16)11(7)19)13(21)23-14(22)6-3-9(17)12(20)10(18)4-6/h1-4H. The van der Waals surface area contributed by atoms with Gasteiger partial charge >= 0.3 is 11.9 Å². The summed E-state index contributed by atoms with van der Waals surface area (Å²) in [5.41, 5.74) is -0.0761. The Bertz CT molecular complexity index is 705. The van der Waals surface area contributed by atoms with Crippen LogP contribution >= 0.6 is 69.6 Å². The molecule has 0 N–H and O–H groups in total. The highest BCUT2D eigenvalue weighted by molar-refractivity contribution is 6.49. The highest BCUT2D eigenvalue weighted by Crippen LogP contribution is 2.33. The van der Waals surface area contributed by atoms with Crippen molar-refractivity contribution in [3.63, 3.8) is 0 Å². The molecule has 2 aromatic carbocycles. The molecule has 0 radical (unpaired) electrons. The number of rotatable bonds is 2. The molecule has 9 heteroatoms. The van der Waals surface area contributed by atoms with E-state index in [9.17, 15) is 9.59 Å². The van der Waals surface area contributed by atoms with Gasteiger partial charge in [-0.15, -0.1) is 0 Å². The zero-order valence-corrected chi connectivity index (χ0v) is 15.3. The van der Waals surface area contributed by atoms with E-state index >= 15 is 0 Å².